The van der Waals surface area contributed by atoms with Gasteiger partial charge in [0.15, 0.2) is 0 Å². The summed E-state index contributed by atoms with van der Waals surface area (Å²) in [6.45, 7) is 3.07. The highest BCUT2D eigenvalue weighted by Gasteiger charge is 2.34. The Labute approximate surface area is 115 Å². The smallest absolute Gasteiger partial charge is 0.147 e. The lowest BCUT2D eigenvalue weighted by molar-refractivity contribution is 0.429. The summed E-state index contributed by atoms with van der Waals surface area (Å²) >= 11 is 0. The zero-order chi connectivity index (χ0) is 13.2. The van der Waals surface area contributed by atoms with Gasteiger partial charge in [0.25, 0.3) is 0 Å². The van der Waals surface area contributed by atoms with Crippen molar-refractivity contribution in [2.75, 3.05) is 11.4 Å². The van der Waals surface area contributed by atoms with Gasteiger partial charge in [-0.15, -0.1) is 0 Å². The molecule has 0 amide bonds. The predicted octanol–water partition coefficient (Wildman–Crippen LogP) is 3.42. The van der Waals surface area contributed by atoms with Crippen LogP contribution in [0, 0.1) is 24.2 Å². The maximum atomic E-state index is 9.30. The molecule has 0 N–H and O–H groups in total. The second-order valence-corrected chi connectivity index (χ2v) is 5.88. The number of rotatable bonds is 2. The fourth-order valence-electron chi connectivity index (χ4n) is 3.74. The van der Waals surface area contributed by atoms with Gasteiger partial charge in [-0.05, 0) is 50.7 Å². The second-order valence-electron chi connectivity index (χ2n) is 5.88. The van der Waals surface area contributed by atoms with E-state index in [1.54, 1.807) is 0 Å². The van der Waals surface area contributed by atoms with E-state index in [1.807, 2.05) is 19.1 Å². The zero-order valence-electron chi connectivity index (χ0n) is 11.6. The Morgan fingerprint density at radius 2 is 2.00 bits per heavy atom. The highest BCUT2D eigenvalue weighted by atomic mass is 15.2. The Balaban J connectivity index is 1.92. The molecule has 1 unspecified atom stereocenters. The number of hydrogen-bond acceptors (Lipinski definition) is 3. The van der Waals surface area contributed by atoms with Crippen LogP contribution in [0.15, 0.2) is 12.1 Å². The predicted molar refractivity (Wildman–Crippen MR) is 76.0 cm³/mol. The highest BCUT2D eigenvalue weighted by molar-refractivity contribution is 5.55. The van der Waals surface area contributed by atoms with E-state index in [9.17, 15) is 5.26 Å². The summed E-state index contributed by atoms with van der Waals surface area (Å²) in [6, 6.07) is 6.77. The molecule has 0 radical (unpaired) electrons. The second kappa shape index (κ2) is 5.21. The van der Waals surface area contributed by atoms with E-state index in [1.165, 1.54) is 38.5 Å². The minimum absolute atomic E-state index is 0.615. The topological polar surface area (TPSA) is 39.9 Å². The molecule has 1 aromatic heterocycles. The molecular formula is C16H21N3. The van der Waals surface area contributed by atoms with Crippen molar-refractivity contribution < 1.29 is 0 Å². The first-order chi connectivity index (χ1) is 9.29. The molecule has 1 atom stereocenters. The number of nitrogens with zero attached hydrogens (tertiary/aromatic N) is 3. The van der Waals surface area contributed by atoms with Crippen molar-refractivity contribution in [3.63, 3.8) is 0 Å². The van der Waals surface area contributed by atoms with Crippen LogP contribution in [-0.4, -0.2) is 17.6 Å². The van der Waals surface area contributed by atoms with Gasteiger partial charge in [0.1, 0.15) is 11.9 Å². The quantitative estimate of drug-likeness (QED) is 0.813. The Hall–Kier alpha value is -1.56. The number of anilines is 1. The van der Waals surface area contributed by atoms with E-state index in [2.05, 4.69) is 16.0 Å². The molecule has 1 aromatic rings. The molecule has 2 aliphatic rings. The number of hydrogen-bond donors (Lipinski definition) is 0. The van der Waals surface area contributed by atoms with Gasteiger partial charge in [-0.25, -0.2) is 4.98 Å². The monoisotopic (exact) mass is 255 g/mol. The first kappa shape index (κ1) is 12.5. The van der Waals surface area contributed by atoms with Gasteiger partial charge >= 0.3 is 0 Å². The fraction of sp³-hybridized carbons (Fsp3) is 0.625. The molecule has 3 heteroatoms. The molecule has 1 saturated carbocycles. The van der Waals surface area contributed by atoms with E-state index in [0.29, 0.717) is 6.04 Å². The summed E-state index contributed by atoms with van der Waals surface area (Å²) in [5.41, 5.74) is 1.74. The third kappa shape index (κ3) is 2.32. The molecule has 2 fully saturated rings. The minimum atomic E-state index is 0.615. The Morgan fingerprint density at radius 3 is 2.74 bits per heavy atom. The first-order valence-corrected chi connectivity index (χ1v) is 7.44. The van der Waals surface area contributed by atoms with E-state index >= 15 is 0 Å². The van der Waals surface area contributed by atoms with Crippen molar-refractivity contribution in [1.82, 2.24) is 4.98 Å². The van der Waals surface area contributed by atoms with Gasteiger partial charge in [0, 0.05) is 18.3 Å². The summed E-state index contributed by atoms with van der Waals surface area (Å²) in [5, 5.41) is 9.30. The van der Waals surface area contributed by atoms with Crippen LogP contribution in [0.4, 0.5) is 5.82 Å². The van der Waals surface area contributed by atoms with Crippen molar-refractivity contribution in [3.8, 4) is 6.07 Å². The van der Waals surface area contributed by atoms with Crippen LogP contribution in [0.1, 0.15) is 49.8 Å². The summed E-state index contributed by atoms with van der Waals surface area (Å²) in [6.07, 6.45) is 7.97. The number of aryl methyl sites for hydroxylation is 1. The molecule has 19 heavy (non-hydrogen) atoms. The van der Waals surface area contributed by atoms with Crippen LogP contribution >= 0.6 is 0 Å². The van der Waals surface area contributed by atoms with Crippen LogP contribution in [-0.2, 0) is 0 Å². The molecule has 2 heterocycles. The number of pyridine rings is 1. The molecule has 1 saturated heterocycles. The summed E-state index contributed by atoms with van der Waals surface area (Å²) in [5.74, 6) is 1.74. The minimum Gasteiger partial charge on any atom is -0.352 e. The van der Waals surface area contributed by atoms with Crippen molar-refractivity contribution >= 4 is 5.82 Å². The first-order valence-electron chi connectivity index (χ1n) is 7.44. The van der Waals surface area contributed by atoms with Crippen LogP contribution in [0.25, 0.3) is 0 Å². The Kier molecular flexibility index (Phi) is 3.42. The maximum absolute atomic E-state index is 9.30. The van der Waals surface area contributed by atoms with Gasteiger partial charge < -0.3 is 4.90 Å². The van der Waals surface area contributed by atoms with E-state index in [4.69, 9.17) is 0 Å². The average Bonchev–Trinajstić information content (AvgIpc) is 3.09. The van der Waals surface area contributed by atoms with Crippen LogP contribution in [0.2, 0.25) is 0 Å². The standard InChI is InChI=1S/C16H21N3/c1-12-8-9-14(11-17)16(18-12)19-10-4-7-15(19)13-5-2-3-6-13/h8-9,13,15H,2-7,10H2,1H3. The van der Waals surface area contributed by atoms with Gasteiger partial charge in [0.2, 0.25) is 0 Å². The lowest BCUT2D eigenvalue weighted by Crippen LogP contribution is -2.35. The summed E-state index contributed by atoms with van der Waals surface area (Å²) in [7, 11) is 0. The van der Waals surface area contributed by atoms with Crippen LogP contribution in [0.3, 0.4) is 0 Å². The highest BCUT2D eigenvalue weighted by Crippen LogP contribution is 2.38. The zero-order valence-corrected chi connectivity index (χ0v) is 11.6. The van der Waals surface area contributed by atoms with Gasteiger partial charge in [-0.1, -0.05) is 12.8 Å². The third-order valence-electron chi connectivity index (χ3n) is 4.65. The fourth-order valence-corrected chi connectivity index (χ4v) is 3.74. The molecular weight excluding hydrogens is 234 g/mol. The lowest BCUT2D eigenvalue weighted by Gasteiger charge is -2.31. The summed E-state index contributed by atoms with van der Waals surface area (Å²) < 4.78 is 0. The van der Waals surface area contributed by atoms with Crippen molar-refractivity contribution in [2.45, 2.75) is 51.5 Å². The largest absolute Gasteiger partial charge is 0.352 e. The molecule has 0 spiro atoms. The van der Waals surface area contributed by atoms with Gasteiger partial charge in [-0.2, -0.15) is 5.26 Å². The molecule has 0 aromatic carbocycles. The Morgan fingerprint density at radius 1 is 1.21 bits per heavy atom. The third-order valence-corrected chi connectivity index (χ3v) is 4.65. The van der Waals surface area contributed by atoms with Crippen LogP contribution in [0.5, 0.6) is 0 Å². The number of nitriles is 1. The number of aromatic nitrogens is 1. The van der Waals surface area contributed by atoms with E-state index < -0.39 is 0 Å². The lowest BCUT2D eigenvalue weighted by atomic mass is 9.96. The molecule has 0 bridgehead atoms. The SMILES string of the molecule is Cc1ccc(C#N)c(N2CCCC2C2CCCC2)n1. The maximum Gasteiger partial charge on any atom is 0.147 e. The molecule has 1 aliphatic carbocycles. The van der Waals surface area contributed by atoms with Crippen molar-refractivity contribution in [3.05, 3.63) is 23.4 Å². The van der Waals surface area contributed by atoms with Gasteiger partial charge in [0.05, 0.1) is 5.56 Å². The van der Waals surface area contributed by atoms with E-state index in [0.717, 1.165) is 29.5 Å². The van der Waals surface area contributed by atoms with E-state index in [-0.39, 0.29) is 0 Å². The molecule has 100 valence electrons. The Bertz CT molecular complexity index is 497. The molecule has 3 rings (SSSR count). The van der Waals surface area contributed by atoms with Gasteiger partial charge in [-0.3, -0.25) is 0 Å². The van der Waals surface area contributed by atoms with Crippen LogP contribution < -0.4 is 4.90 Å². The van der Waals surface area contributed by atoms with Crippen molar-refractivity contribution in [2.24, 2.45) is 5.92 Å². The van der Waals surface area contributed by atoms with Crippen molar-refractivity contribution in [1.29, 1.82) is 5.26 Å². The summed E-state index contributed by atoms with van der Waals surface area (Å²) in [4.78, 5) is 7.07. The average molecular weight is 255 g/mol. The molecule has 1 aliphatic heterocycles. The normalized spacial score (nSPS) is 23.8. The molecule has 3 nitrogen and oxygen atoms in total.